The van der Waals surface area contributed by atoms with Crippen LogP contribution < -0.4 is 10.7 Å². The van der Waals surface area contributed by atoms with E-state index < -0.39 is 17.8 Å². The zero-order valence-electron chi connectivity index (χ0n) is 16.2. The second-order valence-electron chi connectivity index (χ2n) is 6.77. The SMILES string of the molecule is C=CCN(Cc1ccc(C#N)cc1)C(=O)C1=NN(c2ccc(F)cc2)C(C(N)=O)C1. The van der Waals surface area contributed by atoms with Crippen LogP contribution in [0.2, 0.25) is 0 Å². The van der Waals surface area contributed by atoms with Gasteiger partial charge in [-0.2, -0.15) is 10.4 Å². The first-order chi connectivity index (χ1) is 14.4. The molecule has 8 heteroatoms. The largest absolute Gasteiger partial charge is 0.368 e. The lowest BCUT2D eigenvalue weighted by Crippen LogP contribution is -2.40. The molecular weight excluding hydrogens is 385 g/mol. The first-order valence-corrected chi connectivity index (χ1v) is 9.23. The third-order valence-corrected chi connectivity index (χ3v) is 4.67. The number of carbonyl (C=O) groups is 2. The molecule has 2 aromatic carbocycles. The molecule has 1 atom stereocenters. The average Bonchev–Trinajstić information content (AvgIpc) is 3.20. The standard InChI is InChI=1S/C22H20FN5O2/c1-2-11-27(14-16-5-3-15(13-24)4-6-16)22(30)19-12-20(21(25)29)28(26-19)18-9-7-17(23)8-10-18/h2-10,20H,1,11-12,14H2,(H2,25,29). The summed E-state index contributed by atoms with van der Waals surface area (Å²) in [7, 11) is 0. The number of halogens is 1. The van der Waals surface area contributed by atoms with E-state index in [1.165, 1.54) is 29.3 Å². The van der Waals surface area contributed by atoms with Gasteiger partial charge in [0.15, 0.2) is 0 Å². The number of hydrazone groups is 1. The van der Waals surface area contributed by atoms with E-state index in [0.29, 0.717) is 11.3 Å². The number of hydrogen-bond acceptors (Lipinski definition) is 5. The van der Waals surface area contributed by atoms with Crippen LogP contribution in [-0.4, -0.2) is 35.0 Å². The number of anilines is 1. The molecule has 2 N–H and O–H groups in total. The highest BCUT2D eigenvalue weighted by Gasteiger charge is 2.36. The number of hydrogen-bond donors (Lipinski definition) is 1. The number of primary amides is 1. The number of carbonyl (C=O) groups excluding carboxylic acids is 2. The van der Waals surface area contributed by atoms with E-state index in [0.717, 1.165) is 5.56 Å². The third-order valence-electron chi connectivity index (χ3n) is 4.67. The molecule has 1 aliphatic heterocycles. The smallest absolute Gasteiger partial charge is 0.270 e. The molecule has 3 rings (SSSR count). The van der Waals surface area contributed by atoms with Crippen LogP contribution in [0.1, 0.15) is 17.5 Å². The topological polar surface area (TPSA) is 103 Å². The molecule has 1 unspecified atom stereocenters. The highest BCUT2D eigenvalue weighted by Crippen LogP contribution is 2.25. The summed E-state index contributed by atoms with van der Waals surface area (Å²) in [5.41, 5.74) is 7.52. The maximum atomic E-state index is 13.2. The summed E-state index contributed by atoms with van der Waals surface area (Å²) in [5, 5.41) is 14.6. The minimum absolute atomic E-state index is 0.0482. The predicted octanol–water partition coefficient (Wildman–Crippen LogP) is 2.33. The number of benzene rings is 2. The maximum Gasteiger partial charge on any atom is 0.270 e. The van der Waals surface area contributed by atoms with Crippen LogP contribution in [0.4, 0.5) is 10.1 Å². The number of rotatable bonds is 7. The van der Waals surface area contributed by atoms with Gasteiger partial charge in [-0.15, -0.1) is 6.58 Å². The van der Waals surface area contributed by atoms with Crippen molar-refractivity contribution in [3.63, 3.8) is 0 Å². The van der Waals surface area contributed by atoms with Crippen molar-refractivity contribution in [2.45, 2.75) is 19.0 Å². The molecule has 2 amide bonds. The molecule has 0 bridgehead atoms. The Morgan fingerprint density at radius 2 is 1.93 bits per heavy atom. The molecule has 7 nitrogen and oxygen atoms in total. The molecule has 2 aromatic rings. The van der Waals surface area contributed by atoms with Crippen LogP contribution in [0.15, 0.2) is 66.3 Å². The van der Waals surface area contributed by atoms with Gasteiger partial charge in [-0.05, 0) is 42.0 Å². The lowest BCUT2D eigenvalue weighted by Gasteiger charge is -2.21. The van der Waals surface area contributed by atoms with Crippen molar-refractivity contribution in [2.75, 3.05) is 11.6 Å². The molecule has 0 saturated carbocycles. The number of nitrogens with zero attached hydrogens (tertiary/aromatic N) is 4. The monoisotopic (exact) mass is 405 g/mol. The van der Waals surface area contributed by atoms with Crippen molar-refractivity contribution in [2.24, 2.45) is 10.8 Å². The van der Waals surface area contributed by atoms with Gasteiger partial charge in [0.2, 0.25) is 5.91 Å². The molecule has 0 saturated heterocycles. The fourth-order valence-electron chi connectivity index (χ4n) is 3.16. The van der Waals surface area contributed by atoms with Crippen molar-refractivity contribution < 1.29 is 14.0 Å². The van der Waals surface area contributed by atoms with Gasteiger partial charge >= 0.3 is 0 Å². The van der Waals surface area contributed by atoms with Crippen LogP contribution in [0.25, 0.3) is 0 Å². The molecule has 1 heterocycles. The van der Waals surface area contributed by atoms with Crippen LogP contribution in [0.5, 0.6) is 0 Å². The van der Waals surface area contributed by atoms with Gasteiger partial charge in [0.1, 0.15) is 17.6 Å². The summed E-state index contributed by atoms with van der Waals surface area (Å²) >= 11 is 0. The van der Waals surface area contributed by atoms with Gasteiger partial charge in [-0.3, -0.25) is 14.6 Å². The fourth-order valence-corrected chi connectivity index (χ4v) is 3.16. The molecule has 152 valence electrons. The van der Waals surface area contributed by atoms with Crippen molar-refractivity contribution in [1.82, 2.24) is 4.90 Å². The Morgan fingerprint density at radius 3 is 2.50 bits per heavy atom. The van der Waals surface area contributed by atoms with Gasteiger partial charge in [-0.1, -0.05) is 18.2 Å². The van der Waals surface area contributed by atoms with Crippen molar-refractivity contribution >= 4 is 23.2 Å². The summed E-state index contributed by atoms with van der Waals surface area (Å²) in [6.45, 7) is 4.25. The zero-order chi connectivity index (χ0) is 21.7. The fraction of sp³-hybridized carbons (Fsp3) is 0.182. The second-order valence-corrected chi connectivity index (χ2v) is 6.77. The number of amides is 2. The van der Waals surface area contributed by atoms with Gasteiger partial charge in [0.25, 0.3) is 5.91 Å². The van der Waals surface area contributed by atoms with Crippen molar-refractivity contribution in [1.29, 1.82) is 5.26 Å². The second kappa shape index (κ2) is 9.01. The van der Waals surface area contributed by atoms with Crippen molar-refractivity contribution in [3.05, 3.63) is 78.1 Å². The Morgan fingerprint density at radius 1 is 1.27 bits per heavy atom. The summed E-state index contributed by atoms with van der Waals surface area (Å²) in [6.07, 6.45) is 1.65. The Balaban J connectivity index is 1.84. The van der Waals surface area contributed by atoms with Crippen molar-refractivity contribution in [3.8, 4) is 6.07 Å². The predicted molar refractivity (Wildman–Crippen MR) is 111 cm³/mol. The van der Waals surface area contributed by atoms with E-state index in [-0.39, 0.29) is 31.1 Å². The first kappa shape index (κ1) is 20.7. The summed E-state index contributed by atoms with van der Waals surface area (Å²) in [4.78, 5) is 26.6. The lowest BCUT2D eigenvalue weighted by molar-refractivity contribution is -0.124. The molecule has 0 radical (unpaired) electrons. The van der Waals surface area contributed by atoms with E-state index in [9.17, 15) is 14.0 Å². The lowest BCUT2D eigenvalue weighted by atomic mass is 10.1. The number of nitrogens with two attached hydrogens (primary N) is 1. The van der Waals surface area contributed by atoms with Gasteiger partial charge in [-0.25, -0.2) is 4.39 Å². The van der Waals surface area contributed by atoms with Gasteiger partial charge < -0.3 is 10.6 Å². The van der Waals surface area contributed by atoms with Gasteiger partial charge in [0.05, 0.1) is 17.3 Å². The highest BCUT2D eigenvalue weighted by atomic mass is 19.1. The Labute approximate surface area is 173 Å². The molecule has 0 aromatic heterocycles. The third kappa shape index (κ3) is 4.52. The molecular formula is C22H20FN5O2. The number of nitriles is 1. The Bertz CT molecular complexity index is 1020. The highest BCUT2D eigenvalue weighted by molar-refractivity contribution is 6.40. The average molecular weight is 405 g/mol. The zero-order valence-corrected chi connectivity index (χ0v) is 16.2. The minimum Gasteiger partial charge on any atom is -0.368 e. The van der Waals surface area contributed by atoms with E-state index in [2.05, 4.69) is 17.7 Å². The summed E-state index contributed by atoms with van der Waals surface area (Å²) in [5.74, 6) is -1.41. The molecule has 0 fully saturated rings. The minimum atomic E-state index is -0.838. The van der Waals surface area contributed by atoms with E-state index in [1.807, 2.05) is 0 Å². The molecule has 0 spiro atoms. The Kier molecular flexibility index (Phi) is 6.23. The molecule has 1 aliphatic rings. The quantitative estimate of drug-likeness (QED) is 0.714. The first-order valence-electron chi connectivity index (χ1n) is 9.23. The normalized spacial score (nSPS) is 15.3. The van der Waals surface area contributed by atoms with Crippen LogP contribution in [0, 0.1) is 17.1 Å². The van der Waals surface area contributed by atoms with Crippen LogP contribution in [-0.2, 0) is 16.1 Å². The van der Waals surface area contributed by atoms with E-state index >= 15 is 0 Å². The van der Waals surface area contributed by atoms with Crippen LogP contribution >= 0.6 is 0 Å². The summed E-state index contributed by atoms with van der Waals surface area (Å²) < 4.78 is 13.2. The van der Waals surface area contributed by atoms with Crippen LogP contribution in [0.3, 0.4) is 0 Å². The summed E-state index contributed by atoms with van der Waals surface area (Å²) in [6, 6.07) is 13.6. The van der Waals surface area contributed by atoms with Gasteiger partial charge in [0, 0.05) is 19.5 Å². The van der Waals surface area contributed by atoms with E-state index in [1.54, 1.807) is 35.2 Å². The molecule has 30 heavy (non-hydrogen) atoms. The molecule has 0 aliphatic carbocycles. The maximum absolute atomic E-state index is 13.2. The van der Waals surface area contributed by atoms with E-state index in [4.69, 9.17) is 11.0 Å². The Hall–Kier alpha value is -3.99.